The van der Waals surface area contributed by atoms with E-state index < -0.39 is 0 Å². The molecule has 15 heavy (non-hydrogen) atoms. The highest BCUT2D eigenvalue weighted by atomic mass is 16.1. The van der Waals surface area contributed by atoms with E-state index in [1.807, 2.05) is 42.5 Å². The van der Waals surface area contributed by atoms with Gasteiger partial charge in [0, 0.05) is 5.56 Å². The van der Waals surface area contributed by atoms with E-state index in [9.17, 15) is 4.79 Å². The Hall–Kier alpha value is -2.18. The third-order valence-electron chi connectivity index (χ3n) is 2.33. The van der Waals surface area contributed by atoms with Gasteiger partial charge in [-0.25, -0.2) is 0 Å². The van der Waals surface area contributed by atoms with Crippen LogP contribution in [0, 0.1) is 5.41 Å². The normalized spacial score (nSPS) is 9.60. The molecule has 0 saturated heterocycles. The Morgan fingerprint density at radius 1 is 1.13 bits per heavy atom. The van der Waals surface area contributed by atoms with Gasteiger partial charge in [-0.3, -0.25) is 10.2 Å². The Morgan fingerprint density at radius 2 is 1.87 bits per heavy atom. The molecule has 0 amide bonds. The van der Waals surface area contributed by atoms with Crippen LogP contribution in [0.25, 0.3) is 16.3 Å². The van der Waals surface area contributed by atoms with Crippen molar-refractivity contribution < 1.29 is 4.79 Å². The molecule has 2 nitrogen and oxygen atoms in total. The lowest BCUT2D eigenvalue weighted by atomic mass is 10.00. The van der Waals surface area contributed by atoms with Crippen LogP contribution in [-0.2, 0) is 4.79 Å². The third-order valence-corrected chi connectivity index (χ3v) is 2.33. The van der Waals surface area contributed by atoms with Crippen molar-refractivity contribution >= 4 is 28.5 Å². The van der Waals surface area contributed by atoms with Gasteiger partial charge in [0.2, 0.25) is 0 Å². The molecule has 0 aliphatic carbocycles. The Labute approximate surface area is 87.4 Å². The molecule has 0 bridgehead atoms. The first-order valence-corrected chi connectivity index (χ1v) is 4.60. The lowest BCUT2D eigenvalue weighted by Crippen LogP contribution is -1.88. The fraction of sp³-hybridized carbons (Fsp3) is 0. The van der Waals surface area contributed by atoms with E-state index in [0.29, 0.717) is 6.29 Å². The summed E-state index contributed by atoms with van der Waals surface area (Å²) in [4.78, 5) is 10.8. The summed E-state index contributed by atoms with van der Waals surface area (Å²) in [6.07, 6.45) is 0.661. The molecule has 72 valence electrons. The van der Waals surface area contributed by atoms with Crippen LogP contribution >= 0.6 is 0 Å². The number of benzene rings is 2. The molecule has 0 heterocycles. The number of carbonyl (C=O) groups is 1. The number of carbonyl (C=O) groups excluding carboxylic acids is 1. The van der Waals surface area contributed by atoms with E-state index in [-0.39, 0.29) is 5.57 Å². The molecule has 2 rings (SSSR count). The predicted octanol–water partition coefficient (Wildman–Crippen LogP) is 2.67. The Morgan fingerprint density at radius 3 is 2.60 bits per heavy atom. The molecule has 0 radical (unpaired) electrons. The molecule has 0 aromatic heterocycles. The highest BCUT2D eigenvalue weighted by Gasteiger charge is 2.04. The first-order valence-electron chi connectivity index (χ1n) is 4.60. The summed E-state index contributed by atoms with van der Waals surface area (Å²) in [6, 6.07) is 13.5. The fourth-order valence-corrected chi connectivity index (χ4v) is 1.62. The van der Waals surface area contributed by atoms with Crippen molar-refractivity contribution in [1.29, 1.82) is 5.41 Å². The van der Waals surface area contributed by atoms with E-state index in [1.165, 1.54) is 0 Å². The molecule has 0 unspecified atom stereocenters. The molecular weight excluding hydrogens is 186 g/mol. The van der Waals surface area contributed by atoms with E-state index in [1.54, 1.807) is 0 Å². The van der Waals surface area contributed by atoms with Crippen molar-refractivity contribution in [2.45, 2.75) is 0 Å². The summed E-state index contributed by atoms with van der Waals surface area (Å²) in [5.41, 5.74) is 1.05. The lowest BCUT2D eigenvalue weighted by molar-refractivity contribution is -0.103. The van der Waals surface area contributed by atoms with E-state index in [4.69, 9.17) is 5.41 Å². The average molecular weight is 195 g/mol. The summed E-state index contributed by atoms with van der Waals surface area (Å²) in [5.74, 6) is 2.16. The van der Waals surface area contributed by atoms with Crippen molar-refractivity contribution in [2.75, 3.05) is 0 Å². The minimum Gasteiger partial charge on any atom is -0.297 e. The van der Waals surface area contributed by atoms with Gasteiger partial charge in [0.25, 0.3) is 0 Å². The summed E-state index contributed by atoms with van der Waals surface area (Å²) >= 11 is 0. The van der Waals surface area contributed by atoms with Gasteiger partial charge >= 0.3 is 0 Å². The van der Waals surface area contributed by atoms with Crippen molar-refractivity contribution in [2.24, 2.45) is 0 Å². The second-order valence-electron chi connectivity index (χ2n) is 3.18. The summed E-state index contributed by atoms with van der Waals surface area (Å²) in [6.45, 7) is 0. The summed E-state index contributed by atoms with van der Waals surface area (Å²) in [7, 11) is 0. The van der Waals surface area contributed by atoms with Crippen LogP contribution in [0.4, 0.5) is 0 Å². The van der Waals surface area contributed by atoms with E-state index >= 15 is 0 Å². The topological polar surface area (TPSA) is 40.9 Å². The highest BCUT2D eigenvalue weighted by molar-refractivity contribution is 6.21. The molecule has 2 aromatic carbocycles. The van der Waals surface area contributed by atoms with Crippen LogP contribution in [0.2, 0.25) is 0 Å². The van der Waals surface area contributed by atoms with Gasteiger partial charge in [0.05, 0.1) is 5.57 Å². The molecule has 2 heteroatoms. The van der Waals surface area contributed by atoms with Gasteiger partial charge < -0.3 is 0 Å². The van der Waals surface area contributed by atoms with E-state index in [0.717, 1.165) is 16.3 Å². The number of fused-ring (bicyclic) bond motifs is 1. The molecule has 0 fully saturated rings. The molecule has 0 atom stereocenters. The van der Waals surface area contributed by atoms with Crippen LogP contribution in [0.5, 0.6) is 0 Å². The number of aldehydes is 1. The maximum Gasteiger partial charge on any atom is 0.159 e. The van der Waals surface area contributed by atoms with Gasteiger partial charge in [-0.1, -0.05) is 42.5 Å². The zero-order valence-corrected chi connectivity index (χ0v) is 8.03. The molecule has 0 aliphatic heterocycles. The highest BCUT2D eigenvalue weighted by Crippen LogP contribution is 2.22. The van der Waals surface area contributed by atoms with Gasteiger partial charge in [0.15, 0.2) is 6.29 Å². The second-order valence-corrected chi connectivity index (χ2v) is 3.18. The van der Waals surface area contributed by atoms with Crippen molar-refractivity contribution in [3.63, 3.8) is 0 Å². The Balaban J connectivity index is 2.82. The number of allylic oxidation sites excluding steroid dienone is 1. The van der Waals surface area contributed by atoms with Crippen molar-refractivity contribution in [1.82, 2.24) is 0 Å². The number of nitrogens with one attached hydrogen (secondary N) is 1. The molecular formula is C13H9NO. The van der Waals surface area contributed by atoms with Crippen molar-refractivity contribution in [3.05, 3.63) is 48.0 Å². The standard InChI is InChI=1S/C13H9NO/c14-8-11(9-15)13-7-3-5-10-4-1-2-6-12(10)13/h1-7,9,14H. The smallest absolute Gasteiger partial charge is 0.159 e. The van der Waals surface area contributed by atoms with Crippen molar-refractivity contribution in [3.8, 4) is 0 Å². The first kappa shape index (κ1) is 9.38. The molecule has 0 spiro atoms. The zero-order valence-electron chi connectivity index (χ0n) is 8.03. The second kappa shape index (κ2) is 3.91. The van der Waals surface area contributed by atoms with Gasteiger partial charge in [0.1, 0.15) is 0 Å². The van der Waals surface area contributed by atoms with Crippen LogP contribution in [-0.4, -0.2) is 12.2 Å². The lowest BCUT2D eigenvalue weighted by Gasteiger charge is -2.03. The minimum atomic E-state index is 0.284. The minimum absolute atomic E-state index is 0.284. The molecule has 0 saturated carbocycles. The number of rotatable bonds is 2. The number of hydrogen-bond donors (Lipinski definition) is 1. The summed E-state index contributed by atoms with van der Waals surface area (Å²) in [5, 5.41) is 9.09. The fourth-order valence-electron chi connectivity index (χ4n) is 1.62. The van der Waals surface area contributed by atoms with Gasteiger partial charge in [-0.15, -0.1) is 0 Å². The van der Waals surface area contributed by atoms with Crippen LogP contribution < -0.4 is 0 Å². The first-order chi connectivity index (χ1) is 7.36. The SMILES string of the molecule is N=C=C(C=O)c1cccc2ccccc12. The van der Waals surface area contributed by atoms with Crippen LogP contribution in [0.3, 0.4) is 0 Å². The predicted molar refractivity (Wildman–Crippen MR) is 61.1 cm³/mol. The Kier molecular flexibility index (Phi) is 2.44. The summed E-state index contributed by atoms with van der Waals surface area (Å²) < 4.78 is 0. The maximum absolute atomic E-state index is 10.8. The number of hydrogen-bond acceptors (Lipinski definition) is 2. The molecule has 1 N–H and O–H groups in total. The average Bonchev–Trinajstić information content (AvgIpc) is 2.31. The molecule has 0 aliphatic rings. The van der Waals surface area contributed by atoms with Crippen LogP contribution in [0.1, 0.15) is 5.56 Å². The van der Waals surface area contributed by atoms with Crippen LogP contribution in [0.15, 0.2) is 42.5 Å². The maximum atomic E-state index is 10.8. The largest absolute Gasteiger partial charge is 0.297 e. The third kappa shape index (κ3) is 1.58. The quantitative estimate of drug-likeness (QED) is 0.446. The zero-order chi connectivity index (χ0) is 10.7. The van der Waals surface area contributed by atoms with E-state index in [2.05, 4.69) is 5.87 Å². The van der Waals surface area contributed by atoms with Gasteiger partial charge in [-0.05, 0) is 16.6 Å². The molecule has 2 aromatic rings. The van der Waals surface area contributed by atoms with Gasteiger partial charge in [-0.2, -0.15) is 0 Å². The Bertz CT molecular complexity index is 560. The monoisotopic (exact) mass is 195 g/mol.